The predicted molar refractivity (Wildman–Crippen MR) is 84.4 cm³/mol. The molecule has 1 atom stereocenters. The normalized spacial score (nSPS) is 17.7. The van der Waals surface area contributed by atoms with Crippen molar-refractivity contribution < 1.29 is 18.7 Å². The molecule has 1 aliphatic heterocycles. The summed E-state index contributed by atoms with van der Waals surface area (Å²) in [5, 5.41) is 0. The molecule has 0 bridgehead atoms. The van der Waals surface area contributed by atoms with Gasteiger partial charge in [0.2, 0.25) is 0 Å². The Morgan fingerprint density at radius 2 is 1.83 bits per heavy atom. The van der Waals surface area contributed by atoms with Crippen LogP contribution in [0.5, 0.6) is 0 Å². The molecule has 0 fully saturated rings. The van der Waals surface area contributed by atoms with Gasteiger partial charge in [-0.1, -0.05) is 24.3 Å². The van der Waals surface area contributed by atoms with Gasteiger partial charge in [-0.15, -0.1) is 23.2 Å². The van der Waals surface area contributed by atoms with E-state index in [9.17, 15) is 14.0 Å². The van der Waals surface area contributed by atoms with E-state index in [4.69, 9.17) is 27.9 Å². The first-order chi connectivity index (χ1) is 11.0. The number of alkyl halides is 2. The van der Waals surface area contributed by atoms with Gasteiger partial charge in [0.15, 0.2) is 6.10 Å². The highest BCUT2D eigenvalue weighted by molar-refractivity contribution is 6.44. The van der Waals surface area contributed by atoms with E-state index in [1.807, 2.05) is 0 Å². The molecule has 118 valence electrons. The Kier molecular flexibility index (Phi) is 4.24. The maximum atomic E-state index is 13.4. The third kappa shape index (κ3) is 2.90. The van der Waals surface area contributed by atoms with Crippen molar-refractivity contribution >= 4 is 40.9 Å². The van der Waals surface area contributed by atoms with Crippen molar-refractivity contribution in [3.63, 3.8) is 0 Å². The summed E-state index contributed by atoms with van der Waals surface area (Å²) >= 11 is 11.8. The molecule has 2 aromatic carbocycles. The zero-order valence-electron chi connectivity index (χ0n) is 11.6. The number of nitrogens with zero attached hydrogens (tertiary/aromatic N) is 1. The van der Waals surface area contributed by atoms with Gasteiger partial charge >= 0.3 is 6.09 Å². The van der Waals surface area contributed by atoms with Crippen LogP contribution in [-0.2, 0) is 4.74 Å². The maximum Gasteiger partial charge on any atom is 0.422 e. The van der Waals surface area contributed by atoms with Crippen molar-refractivity contribution in [2.75, 3.05) is 4.90 Å². The fourth-order valence-electron chi connectivity index (χ4n) is 2.39. The van der Waals surface area contributed by atoms with Crippen LogP contribution in [0.4, 0.5) is 14.9 Å². The summed E-state index contributed by atoms with van der Waals surface area (Å²) in [5.74, 6) is -1.21. The van der Waals surface area contributed by atoms with Gasteiger partial charge in [0.25, 0.3) is 5.91 Å². The SMILES string of the molecule is O=C1OC(C(Cl)Cl)c2ccccc2C(=O)N1c1cccc(F)c1. The summed E-state index contributed by atoms with van der Waals surface area (Å²) in [6.45, 7) is 0. The van der Waals surface area contributed by atoms with Gasteiger partial charge in [-0.05, 0) is 24.3 Å². The number of halogens is 3. The standard InChI is InChI=1S/C16H10Cl2FNO3/c17-14(18)13-11-6-1-2-7-12(11)15(21)20(16(22)23-13)10-5-3-4-9(19)8-10/h1-8,13-14H. The number of imide groups is 1. The number of benzene rings is 2. The molecule has 0 aliphatic carbocycles. The van der Waals surface area contributed by atoms with Gasteiger partial charge in [0.1, 0.15) is 10.7 Å². The number of amides is 2. The van der Waals surface area contributed by atoms with Crippen molar-refractivity contribution in [2.24, 2.45) is 0 Å². The average Bonchev–Trinajstić information content (AvgIpc) is 2.63. The second kappa shape index (κ2) is 6.18. The van der Waals surface area contributed by atoms with Gasteiger partial charge in [0.05, 0.1) is 5.69 Å². The molecule has 2 amide bonds. The van der Waals surface area contributed by atoms with E-state index in [2.05, 4.69) is 0 Å². The molecule has 0 N–H and O–H groups in total. The number of carbonyl (C=O) groups is 2. The molecule has 1 unspecified atom stereocenters. The van der Waals surface area contributed by atoms with Crippen LogP contribution in [-0.4, -0.2) is 16.8 Å². The lowest BCUT2D eigenvalue weighted by Crippen LogP contribution is -2.36. The fraction of sp³-hybridized carbons (Fsp3) is 0.125. The molecule has 2 aromatic rings. The first-order valence-electron chi connectivity index (χ1n) is 6.67. The molecule has 1 aliphatic rings. The van der Waals surface area contributed by atoms with Crippen molar-refractivity contribution in [3.05, 3.63) is 65.5 Å². The molecular formula is C16H10Cl2FNO3. The van der Waals surface area contributed by atoms with Crippen molar-refractivity contribution in [2.45, 2.75) is 10.9 Å². The van der Waals surface area contributed by atoms with Crippen molar-refractivity contribution in [3.8, 4) is 0 Å². The monoisotopic (exact) mass is 353 g/mol. The molecule has 0 aromatic heterocycles. The van der Waals surface area contributed by atoms with E-state index in [1.54, 1.807) is 18.2 Å². The summed E-state index contributed by atoms with van der Waals surface area (Å²) < 4.78 is 18.7. The van der Waals surface area contributed by atoms with E-state index in [0.717, 1.165) is 11.0 Å². The quantitative estimate of drug-likeness (QED) is 0.748. The largest absolute Gasteiger partial charge is 0.438 e. The van der Waals surface area contributed by atoms with Gasteiger partial charge < -0.3 is 4.74 Å². The molecule has 3 rings (SSSR count). The predicted octanol–water partition coefficient (Wildman–Crippen LogP) is 4.47. The highest BCUT2D eigenvalue weighted by atomic mass is 35.5. The van der Waals surface area contributed by atoms with Gasteiger partial charge in [-0.25, -0.2) is 14.1 Å². The molecule has 0 radical (unpaired) electrons. The minimum Gasteiger partial charge on any atom is -0.438 e. The van der Waals surface area contributed by atoms with Crippen LogP contribution < -0.4 is 4.90 Å². The number of cyclic esters (lactones) is 1. The number of carbonyl (C=O) groups excluding carboxylic acids is 2. The van der Waals surface area contributed by atoms with Crippen molar-refractivity contribution in [1.82, 2.24) is 0 Å². The summed E-state index contributed by atoms with van der Waals surface area (Å²) in [6, 6.07) is 11.6. The van der Waals surface area contributed by atoms with Crippen LogP contribution in [0.15, 0.2) is 48.5 Å². The molecule has 0 saturated heterocycles. The smallest absolute Gasteiger partial charge is 0.422 e. The van der Waals surface area contributed by atoms with Gasteiger partial charge in [-0.2, -0.15) is 0 Å². The molecule has 0 saturated carbocycles. The summed E-state index contributed by atoms with van der Waals surface area (Å²) in [7, 11) is 0. The Bertz CT molecular complexity index is 781. The Morgan fingerprint density at radius 1 is 1.09 bits per heavy atom. The first kappa shape index (κ1) is 15.8. The zero-order chi connectivity index (χ0) is 16.6. The van der Waals surface area contributed by atoms with E-state index >= 15 is 0 Å². The minimum atomic E-state index is -1.06. The Balaban J connectivity index is 2.15. The van der Waals surface area contributed by atoms with Crippen LogP contribution in [0.3, 0.4) is 0 Å². The number of ether oxygens (including phenoxy) is 1. The Morgan fingerprint density at radius 3 is 2.52 bits per heavy atom. The Hall–Kier alpha value is -2.11. The summed E-state index contributed by atoms with van der Waals surface area (Å²) in [5.41, 5.74) is 0.690. The average molecular weight is 354 g/mol. The molecule has 23 heavy (non-hydrogen) atoms. The van der Waals surface area contributed by atoms with Crippen molar-refractivity contribution in [1.29, 1.82) is 0 Å². The van der Waals surface area contributed by atoms with Crippen LogP contribution in [0.2, 0.25) is 0 Å². The highest BCUT2D eigenvalue weighted by Gasteiger charge is 2.38. The molecule has 1 heterocycles. The number of hydrogen-bond acceptors (Lipinski definition) is 3. The second-order valence-electron chi connectivity index (χ2n) is 4.85. The minimum absolute atomic E-state index is 0.0659. The van der Waals surface area contributed by atoms with Crippen LogP contribution >= 0.6 is 23.2 Å². The van der Waals surface area contributed by atoms with E-state index < -0.39 is 28.8 Å². The summed E-state index contributed by atoms with van der Waals surface area (Å²) in [4.78, 5) is 24.8. The van der Waals surface area contributed by atoms with Gasteiger partial charge in [-0.3, -0.25) is 4.79 Å². The number of anilines is 1. The lowest BCUT2D eigenvalue weighted by Gasteiger charge is -2.20. The zero-order valence-corrected chi connectivity index (χ0v) is 13.1. The molecule has 4 nitrogen and oxygen atoms in total. The van der Waals surface area contributed by atoms with Gasteiger partial charge in [0, 0.05) is 11.1 Å². The molecule has 0 spiro atoms. The Labute approximate surface area is 141 Å². The topological polar surface area (TPSA) is 46.6 Å². The van der Waals surface area contributed by atoms with E-state index in [0.29, 0.717) is 5.56 Å². The lowest BCUT2D eigenvalue weighted by molar-refractivity contribution is 0.0952. The fourth-order valence-corrected chi connectivity index (χ4v) is 2.77. The lowest BCUT2D eigenvalue weighted by atomic mass is 10.0. The van der Waals surface area contributed by atoms with Crippen LogP contribution in [0.1, 0.15) is 22.0 Å². The molecule has 7 heteroatoms. The number of fused-ring (bicyclic) bond motifs is 1. The second-order valence-corrected chi connectivity index (χ2v) is 6.01. The van der Waals surface area contributed by atoms with E-state index in [1.165, 1.54) is 24.3 Å². The number of rotatable bonds is 2. The van der Waals surface area contributed by atoms with Crippen LogP contribution in [0, 0.1) is 5.82 Å². The molecular weight excluding hydrogens is 344 g/mol. The van der Waals surface area contributed by atoms with E-state index in [-0.39, 0.29) is 11.3 Å². The third-order valence-electron chi connectivity index (χ3n) is 3.41. The van der Waals surface area contributed by atoms with Crippen LogP contribution in [0.25, 0.3) is 0 Å². The summed E-state index contributed by atoms with van der Waals surface area (Å²) in [6.07, 6.45) is -1.96. The maximum absolute atomic E-state index is 13.4. The third-order valence-corrected chi connectivity index (χ3v) is 3.86. The number of hydrogen-bond donors (Lipinski definition) is 0. The highest BCUT2D eigenvalue weighted by Crippen LogP contribution is 2.35. The first-order valence-corrected chi connectivity index (χ1v) is 7.54.